The lowest BCUT2D eigenvalue weighted by Crippen LogP contribution is -2.26. The molecule has 0 bridgehead atoms. The van der Waals surface area contributed by atoms with E-state index in [1.54, 1.807) is 0 Å². The van der Waals surface area contributed by atoms with Gasteiger partial charge in [-0.25, -0.2) is 0 Å². The quantitative estimate of drug-likeness (QED) is 0.523. The predicted molar refractivity (Wildman–Crippen MR) is 34.3 cm³/mol. The van der Waals surface area contributed by atoms with Crippen molar-refractivity contribution in [1.29, 1.82) is 0 Å². The highest BCUT2D eigenvalue weighted by Crippen LogP contribution is 2.03. The first kappa shape index (κ1) is 6.99. The third-order valence-corrected chi connectivity index (χ3v) is 1.51. The molecule has 0 spiro atoms. The van der Waals surface area contributed by atoms with Crippen molar-refractivity contribution < 1.29 is 9.84 Å². The zero-order chi connectivity index (χ0) is 6.69. The molecule has 54 valence electrons. The first-order chi connectivity index (χ1) is 4.34. The van der Waals surface area contributed by atoms with Crippen molar-refractivity contribution >= 4 is 0 Å². The Morgan fingerprint density at radius 2 is 2.44 bits per heavy atom. The number of nitrogens with one attached hydrogen (secondary N) is 1. The van der Waals surface area contributed by atoms with Crippen LogP contribution >= 0.6 is 0 Å². The van der Waals surface area contributed by atoms with Crippen LogP contribution in [0.3, 0.4) is 0 Å². The van der Waals surface area contributed by atoms with Crippen molar-refractivity contribution in [1.82, 2.24) is 5.32 Å². The van der Waals surface area contributed by atoms with E-state index in [1.807, 2.05) is 6.92 Å². The van der Waals surface area contributed by atoms with Gasteiger partial charge in [-0.15, -0.1) is 0 Å². The lowest BCUT2D eigenvalue weighted by molar-refractivity contribution is -0.00196. The van der Waals surface area contributed by atoms with Crippen LogP contribution in [0.25, 0.3) is 0 Å². The Labute approximate surface area is 55.0 Å². The van der Waals surface area contributed by atoms with Crippen molar-refractivity contribution in [3.63, 3.8) is 0 Å². The van der Waals surface area contributed by atoms with Gasteiger partial charge in [-0.2, -0.15) is 0 Å². The van der Waals surface area contributed by atoms with E-state index in [1.165, 1.54) is 0 Å². The first-order valence-corrected chi connectivity index (χ1v) is 3.35. The molecule has 0 saturated carbocycles. The van der Waals surface area contributed by atoms with Crippen LogP contribution in [-0.4, -0.2) is 37.0 Å². The molecule has 9 heavy (non-hydrogen) atoms. The van der Waals surface area contributed by atoms with Gasteiger partial charge in [-0.3, -0.25) is 0 Å². The molecule has 0 radical (unpaired) electrons. The van der Waals surface area contributed by atoms with Gasteiger partial charge in [0.05, 0.1) is 12.2 Å². The van der Waals surface area contributed by atoms with E-state index in [2.05, 4.69) is 5.32 Å². The number of aliphatic hydroxyl groups excluding tert-OH is 1. The van der Waals surface area contributed by atoms with Crippen LogP contribution in [0.15, 0.2) is 0 Å². The molecule has 1 fully saturated rings. The molecule has 0 aromatic heterocycles. The molecular weight excluding hydrogens is 118 g/mol. The Morgan fingerprint density at radius 3 is 2.89 bits per heavy atom. The van der Waals surface area contributed by atoms with Crippen LogP contribution in [0, 0.1) is 0 Å². The maximum Gasteiger partial charge on any atom is 0.0970 e. The van der Waals surface area contributed by atoms with Gasteiger partial charge in [0.1, 0.15) is 0 Å². The highest BCUT2D eigenvalue weighted by atomic mass is 16.5. The van der Waals surface area contributed by atoms with E-state index >= 15 is 0 Å². The van der Waals surface area contributed by atoms with E-state index in [0.29, 0.717) is 13.2 Å². The molecule has 1 aliphatic heterocycles. The van der Waals surface area contributed by atoms with Crippen molar-refractivity contribution in [3.05, 3.63) is 0 Å². The van der Waals surface area contributed by atoms with Crippen molar-refractivity contribution in [2.24, 2.45) is 0 Å². The molecule has 3 heteroatoms. The molecule has 0 amide bonds. The van der Waals surface area contributed by atoms with E-state index in [4.69, 9.17) is 9.84 Å². The summed E-state index contributed by atoms with van der Waals surface area (Å²) in [4.78, 5) is 0. The third kappa shape index (κ3) is 1.64. The summed E-state index contributed by atoms with van der Waals surface area (Å²) in [5.41, 5.74) is 0. The predicted octanol–water partition coefficient (Wildman–Crippen LogP) is -0.644. The van der Waals surface area contributed by atoms with Gasteiger partial charge in [-0.1, -0.05) is 0 Å². The molecule has 0 aromatic carbocycles. The molecule has 2 atom stereocenters. The summed E-state index contributed by atoms with van der Waals surface area (Å²) >= 11 is 0. The van der Waals surface area contributed by atoms with E-state index in [9.17, 15) is 0 Å². The second kappa shape index (κ2) is 3.15. The molecule has 1 saturated heterocycles. The van der Waals surface area contributed by atoms with Crippen LogP contribution in [0.1, 0.15) is 6.92 Å². The van der Waals surface area contributed by atoms with Crippen LogP contribution in [0.2, 0.25) is 0 Å². The summed E-state index contributed by atoms with van der Waals surface area (Å²) in [6.45, 7) is 4.08. The zero-order valence-electron chi connectivity index (χ0n) is 5.63. The molecule has 1 rings (SSSR count). The van der Waals surface area contributed by atoms with E-state index in [-0.39, 0.29) is 12.2 Å². The lowest BCUT2D eigenvalue weighted by Gasteiger charge is -2.11. The molecular formula is C6H13NO2. The zero-order valence-corrected chi connectivity index (χ0v) is 5.63. The Balaban J connectivity index is 2.22. The summed E-state index contributed by atoms with van der Waals surface area (Å²) in [5, 5.41) is 12.2. The normalized spacial score (nSPS) is 35.3. The van der Waals surface area contributed by atoms with Gasteiger partial charge in [0.2, 0.25) is 0 Å². The molecule has 0 unspecified atom stereocenters. The van der Waals surface area contributed by atoms with Gasteiger partial charge >= 0.3 is 0 Å². The summed E-state index contributed by atoms with van der Waals surface area (Å²) in [6.07, 6.45) is -0.278. The van der Waals surface area contributed by atoms with Crippen LogP contribution < -0.4 is 5.32 Å². The second-order valence-corrected chi connectivity index (χ2v) is 2.22. The van der Waals surface area contributed by atoms with Crippen molar-refractivity contribution in [3.8, 4) is 0 Å². The number of hydrogen-bond acceptors (Lipinski definition) is 3. The highest BCUT2D eigenvalue weighted by molar-refractivity contribution is 4.80. The van der Waals surface area contributed by atoms with Crippen LogP contribution in [0.5, 0.6) is 0 Å². The standard InChI is InChI=1S/C6H13NO2/c1-2-9-6-4-7-3-5(6)8/h5-8H,2-4H2,1H3/t5-,6+/m0/s1. The first-order valence-electron chi connectivity index (χ1n) is 3.35. The van der Waals surface area contributed by atoms with E-state index < -0.39 is 0 Å². The second-order valence-electron chi connectivity index (χ2n) is 2.22. The number of hydrogen-bond donors (Lipinski definition) is 2. The Kier molecular flexibility index (Phi) is 2.45. The summed E-state index contributed by atoms with van der Waals surface area (Å²) in [6, 6.07) is 0. The maximum absolute atomic E-state index is 9.13. The van der Waals surface area contributed by atoms with Crippen molar-refractivity contribution in [2.75, 3.05) is 19.7 Å². The van der Waals surface area contributed by atoms with Crippen LogP contribution in [-0.2, 0) is 4.74 Å². The van der Waals surface area contributed by atoms with Gasteiger partial charge in [-0.05, 0) is 6.92 Å². The van der Waals surface area contributed by atoms with Gasteiger partial charge in [0.25, 0.3) is 0 Å². The fourth-order valence-corrected chi connectivity index (χ4v) is 1.03. The number of ether oxygens (including phenoxy) is 1. The Hall–Kier alpha value is -0.120. The summed E-state index contributed by atoms with van der Waals surface area (Å²) in [7, 11) is 0. The minimum Gasteiger partial charge on any atom is -0.389 e. The summed E-state index contributed by atoms with van der Waals surface area (Å²) < 4.78 is 5.20. The average Bonchev–Trinajstić information content (AvgIpc) is 2.18. The monoisotopic (exact) mass is 131 g/mol. The fraction of sp³-hybridized carbons (Fsp3) is 1.00. The maximum atomic E-state index is 9.13. The SMILES string of the molecule is CCO[C@@H]1CNC[C@@H]1O. The van der Waals surface area contributed by atoms with Crippen LogP contribution in [0.4, 0.5) is 0 Å². The molecule has 1 heterocycles. The minimum absolute atomic E-state index is 0.0231. The summed E-state index contributed by atoms with van der Waals surface area (Å²) in [5.74, 6) is 0. The van der Waals surface area contributed by atoms with Gasteiger partial charge in [0, 0.05) is 19.7 Å². The molecule has 3 nitrogen and oxygen atoms in total. The van der Waals surface area contributed by atoms with Crippen molar-refractivity contribution in [2.45, 2.75) is 19.1 Å². The fourth-order valence-electron chi connectivity index (χ4n) is 1.03. The molecule has 1 aliphatic rings. The highest BCUT2D eigenvalue weighted by Gasteiger charge is 2.24. The minimum atomic E-state index is -0.301. The van der Waals surface area contributed by atoms with Gasteiger partial charge < -0.3 is 15.2 Å². The number of β-amino-alcohol motifs (C(OH)–C–C–N with tert-alkyl or cyclic N) is 1. The topological polar surface area (TPSA) is 41.5 Å². The lowest BCUT2D eigenvalue weighted by atomic mass is 10.3. The van der Waals surface area contributed by atoms with E-state index in [0.717, 1.165) is 6.54 Å². The molecule has 0 aromatic rings. The largest absolute Gasteiger partial charge is 0.389 e. The third-order valence-electron chi connectivity index (χ3n) is 1.51. The number of rotatable bonds is 2. The Bertz CT molecular complexity index is 87.1. The smallest absolute Gasteiger partial charge is 0.0970 e. The molecule has 0 aliphatic carbocycles. The molecule has 2 N–H and O–H groups in total. The number of aliphatic hydroxyl groups is 1. The Morgan fingerprint density at radius 1 is 1.67 bits per heavy atom. The van der Waals surface area contributed by atoms with Gasteiger partial charge in [0.15, 0.2) is 0 Å². The average molecular weight is 131 g/mol.